The van der Waals surface area contributed by atoms with E-state index >= 15 is 0 Å². The molecule has 2 fully saturated rings. The largest absolute Gasteiger partial charge is 0.462 e. The van der Waals surface area contributed by atoms with E-state index in [0.717, 1.165) is 50.8 Å². The maximum absolute atomic E-state index is 6.02. The van der Waals surface area contributed by atoms with Gasteiger partial charge in [-0.2, -0.15) is 9.97 Å². The third-order valence-corrected chi connectivity index (χ3v) is 5.49. The number of nitrogens with zero attached hydrogens (tertiary/aromatic N) is 4. The number of hydrogen-bond acceptors (Lipinski definition) is 7. The number of aromatic nitrogens is 2. The van der Waals surface area contributed by atoms with Crippen LogP contribution in [0.15, 0.2) is 0 Å². The lowest BCUT2D eigenvalue weighted by Crippen LogP contribution is -2.50. The van der Waals surface area contributed by atoms with Crippen LogP contribution in [0.5, 0.6) is 6.01 Å². The van der Waals surface area contributed by atoms with Crippen molar-refractivity contribution >= 4 is 5.82 Å². The van der Waals surface area contributed by atoms with Crippen LogP contribution in [0.1, 0.15) is 31.0 Å². The van der Waals surface area contributed by atoms with Gasteiger partial charge in [-0.15, -0.1) is 0 Å². The predicted molar refractivity (Wildman–Crippen MR) is 93.4 cm³/mol. The first-order chi connectivity index (χ1) is 11.7. The molecule has 0 saturated carbocycles. The van der Waals surface area contributed by atoms with Gasteiger partial charge in [-0.05, 0) is 33.4 Å². The summed E-state index contributed by atoms with van der Waals surface area (Å²) in [5, 5.41) is 6.85. The molecule has 2 atom stereocenters. The van der Waals surface area contributed by atoms with Crippen LogP contribution in [-0.4, -0.2) is 66.8 Å². The summed E-state index contributed by atoms with van der Waals surface area (Å²) >= 11 is 0. The summed E-state index contributed by atoms with van der Waals surface area (Å²) in [6, 6.07) is 1.46. The van der Waals surface area contributed by atoms with Crippen molar-refractivity contribution in [3.8, 4) is 6.01 Å². The van der Waals surface area contributed by atoms with Gasteiger partial charge in [-0.25, -0.2) is 0 Å². The van der Waals surface area contributed by atoms with E-state index in [1.54, 1.807) is 0 Å². The Morgan fingerprint density at radius 2 is 2.12 bits per heavy atom. The van der Waals surface area contributed by atoms with E-state index in [1.165, 1.54) is 18.4 Å². The highest BCUT2D eigenvalue weighted by Crippen LogP contribution is 2.29. The molecule has 0 spiro atoms. The lowest BCUT2D eigenvalue weighted by Gasteiger charge is -2.36. The van der Waals surface area contributed by atoms with Crippen molar-refractivity contribution in [1.82, 2.24) is 25.5 Å². The molecule has 0 unspecified atom stereocenters. The number of hydrogen-bond donors (Lipinski definition) is 2. The first-order valence-electron chi connectivity index (χ1n) is 9.13. The predicted octanol–water partition coefficient (Wildman–Crippen LogP) is 0.351. The fraction of sp³-hybridized carbons (Fsp3) is 0.765. The minimum atomic E-state index is 0.437. The summed E-state index contributed by atoms with van der Waals surface area (Å²) in [5.41, 5.74) is 2.34. The Balaban J connectivity index is 1.55. The molecule has 0 aliphatic carbocycles. The van der Waals surface area contributed by atoms with Crippen LogP contribution in [0.25, 0.3) is 0 Å². The van der Waals surface area contributed by atoms with Crippen LogP contribution in [0.3, 0.4) is 0 Å². The van der Waals surface area contributed by atoms with Crippen molar-refractivity contribution < 1.29 is 4.74 Å². The topological polar surface area (TPSA) is 65.5 Å². The zero-order chi connectivity index (χ0) is 16.5. The molecule has 3 aliphatic heterocycles. The first-order valence-corrected chi connectivity index (χ1v) is 9.13. The summed E-state index contributed by atoms with van der Waals surface area (Å²) in [4.78, 5) is 14.2. The van der Waals surface area contributed by atoms with E-state index in [-0.39, 0.29) is 0 Å². The minimum Gasteiger partial charge on any atom is -0.462 e. The van der Waals surface area contributed by atoms with Gasteiger partial charge in [-0.1, -0.05) is 0 Å². The van der Waals surface area contributed by atoms with Gasteiger partial charge in [0, 0.05) is 50.4 Å². The van der Waals surface area contributed by atoms with E-state index in [2.05, 4.69) is 39.4 Å². The number of fused-ring (bicyclic) bond motifs is 1. The van der Waals surface area contributed by atoms with E-state index in [9.17, 15) is 0 Å². The highest BCUT2D eigenvalue weighted by Gasteiger charge is 2.28. The molecule has 2 N–H and O–H groups in total. The van der Waals surface area contributed by atoms with Gasteiger partial charge >= 0.3 is 6.01 Å². The van der Waals surface area contributed by atoms with Gasteiger partial charge in [0.15, 0.2) is 0 Å². The summed E-state index contributed by atoms with van der Waals surface area (Å²) in [6.07, 6.45) is 2.45. The second-order valence-corrected chi connectivity index (χ2v) is 7.19. The zero-order valence-electron chi connectivity index (χ0n) is 14.7. The monoisotopic (exact) mass is 332 g/mol. The SMILES string of the molecule is C[C@H]1CNCCN1c1nc(OC[C@@H]2CCCN2C)nc2c1CNC2. The molecule has 1 aromatic heterocycles. The lowest BCUT2D eigenvalue weighted by molar-refractivity contribution is 0.187. The standard InChI is InChI=1S/C17H28N6O/c1-12-8-18-5-7-23(12)16-14-9-19-10-15(14)20-17(21-16)24-11-13-4-3-6-22(13)2/h12-13,18-19H,3-11H2,1-2H3/t12-,13-/m0/s1. The van der Waals surface area contributed by atoms with Crippen molar-refractivity contribution in [1.29, 1.82) is 0 Å². The average molecular weight is 332 g/mol. The first kappa shape index (κ1) is 16.1. The van der Waals surface area contributed by atoms with E-state index in [1.807, 2.05) is 0 Å². The highest BCUT2D eigenvalue weighted by molar-refractivity contribution is 5.52. The van der Waals surface area contributed by atoms with Crippen LogP contribution in [0.4, 0.5) is 5.82 Å². The fourth-order valence-electron chi connectivity index (χ4n) is 3.95. The van der Waals surface area contributed by atoms with Gasteiger partial charge in [-0.3, -0.25) is 0 Å². The van der Waals surface area contributed by atoms with Gasteiger partial charge < -0.3 is 25.2 Å². The Morgan fingerprint density at radius 1 is 1.21 bits per heavy atom. The Bertz CT molecular complexity index is 595. The smallest absolute Gasteiger partial charge is 0.318 e. The van der Waals surface area contributed by atoms with Gasteiger partial charge in [0.1, 0.15) is 12.4 Å². The third kappa shape index (κ3) is 3.08. The molecule has 24 heavy (non-hydrogen) atoms. The van der Waals surface area contributed by atoms with Crippen molar-refractivity contribution in [3.05, 3.63) is 11.3 Å². The third-order valence-electron chi connectivity index (χ3n) is 5.49. The van der Waals surface area contributed by atoms with Crippen LogP contribution in [0, 0.1) is 0 Å². The molecule has 0 amide bonds. The number of likely N-dealkylation sites (N-methyl/N-ethyl adjacent to an activating group) is 1. The summed E-state index contributed by atoms with van der Waals surface area (Å²) in [5.74, 6) is 1.06. The molecule has 7 heteroatoms. The van der Waals surface area contributed by atoms with E-state index < -0.39 is 0 Å². The number of rotatable bonds is 4. The Hall–Kier alpha value is -1.44. The van der Waals surface area contributed by atoms with Gasteiger partial charge in [0.2, 0.25) is 0 Å². The molecule has 7 nitrogen and oxygen atoms in total. The molecule has 4 heterocycles. The molecule has 3 aliphatic rings. The number of anilines is 1. The number of ether oxygens (including phenoxy) is 1. The lowest BCUT2D eigenvalue weighted by atomic mass is 10.1. The summed E-state index contributed by atoms with van der Waals surface area (Å²) < 4.78 is 6.02. The van der Waals surface area contributed by atoms with Gasteiger partial charge in [0.05, 0.1) is 5.69 Å². The van der Waals surface area contributed by atoms with Gasteiger partial charge in [0.25, 0.3) is 0 Å². The second kappa shape index (κ2) is 6.82. The molecule has 0 bridgehead atoms. The van der Waals surface area contributed by atoms with E-state index in [4.69, 9.17) is 9.72 Å². The number of likely N-dealkylation sites (tertiary alicyclic amines) is 1. The van der Waals surface area contributed by atoms with Crippen molar-refractivity contribution in [2.24, 2.45) is 0 Å². The fourth-order valence-corrected chi connectivity index (χ4v) is 3.95. The zero-order valence-corrected chi connectivity index (χ0v) is 14.7. The maximum atomic E-state index is 6.02. The molecule has 2 saturated heterocycles. The molecule has 0 radical (unpaired) electrons. The molecule has 0 aromatic carbocycles. The van der Waals surface area contributed by atoms with E-state index in [0.29, 0.717) is 24.7 Å². The highest BCUT2D eigenvalue weighted by atomic mass is 16.5. The minimum absolute atomic E-state index is 0.437. The molecule has 4 rings (SSSR count). The Labute approximate surface area is 143 Å². The Kier molecular flexibility index (Phi) is 4.56. The molecule has 132 valence electrons. The maximum Gasteiger partial charge on any atom is 0.318 e. The second-order valence-electron chi connectivity index (χ2n) is 7.19. The number of nitrogens with one attached hydrogen (secondary N) is 2. The van der Waals surface area contributed by atoms with Crippen LogP contribution < -0.4 is 20.3 Å². The summed E-state index contributed by atoms with van der Waals surface area (Å²) in [7, 11) is 2.17. The van der Waals surface area contributed by atoms with Crippen molar-refractivity contribution in [2.45, 2.75) is 44.9 Å². The average Bonchev–Trinajstić information content (AvgIpc) is 3.21. The van der Waals surface area contributed by atoms with Crippen molar-refractivity contribution in [2.75, 3.05) is 44.7 Å². The molecule has 1 aromatic rings. The van der Waals surface area contributed by atoms with Crippen LogP contribution >= 0.6 is 0 Å². The van der Waals surface area contributed by atoms with Crippen LogP contribution in [0.2, 0.25) is 0 Å². The molecular formula is C17H28N6O. The quantitative estimate of drug-likeness (QED) is 0.825. The number of piperazine rings is 1. The normalized spacial score (nSPS) is 27.5. The van der Waals surface area contributed by atoms with Crippen LogP contribution in [-0.2, 0) is 13.1 Å². The molecular weight excluding hydrogens is 304 g/mol. The van der Waals surface area contributed by atoms with Crippen molar-refractivity contribution in [3.63, 3.8) is 0 Å². The summed E-state index contributed by atoms with van der Waals surface area (Å²) in [6.45, 7) is 8.73. The Morgan fingerprint density at radius 3 is 2.92 bits per heavy atom.